The van der Waals surface area contributed by atoms with Gasteiger partial charge in [-0.3, -0.25) is 9.89 Å². The molecule has 1 aromatic carbocycles. The molecule has 1 amide bonds. The van der Waals surface area contributed by atoms with Crippen molar-refractivity contribution in [3.8, 4) is 5.75 Å². The molecule has 0 atom stereocenters. The summed E-state index contributed by atoms with van der Waals surface area (Å²) in [5, 5.41) is 9.40. The van der Waals surface area contributed by atoms with Gasteiger partial charge in [-0.15, -0.1) is 11.8 Å². The lowest BCUT2D eigenvalue weighted by Crippen LogP contribution is -2.14. The number of amides is 1. The largest absolute Gasteiger partial charge is 0.494 e. The maximum atomic E-state index is 11.8. The number of nitrogens with one attached hydrogen (secondary N) is 2. The molecule has 106 valence electrons. The van der Waals surface area contributed by atoms with Crippen LogP contribution in [0.15, 0.2) is 35.4 Å². The molecule has 0 radical (unpaired) electrons. The number of ether oxygens (including phenoxy) is 1. The number of hydrogen-bond acceptors (Lipinski definition) is 4. The van der Waals surface area contributed by atoms with Gasteiger partial charge in [0.1, 0.15) is 11.6 Å². The molecule has 0 spiro atoms. The molecule has 2 rings (SSSR count). The van der Waals surface area contributed by atoms with E-state index in [1.54, 1.807) is 6.20 Å². The molecule has 0 saturated carbocycles. The van der Waals surface area contributed by atoms with Crippen LogP contribution in [0.5, 0.6) is 5.75 Å². The summed E-state index contributed by atoms with van der Waals surface area (Å²) in [5.74, 6) is 1.79. The van der Waals surface area contributed by atoms with Crippen molar-refractivity contribution < 1.29 is 9.53 Å². The first-order valence-electron chi connectivity index (χ1n) is 6.34. The highest BCUT2D eigenvalue weighted by molar-refractivity contribution is 8.00. The lowest BCUT2D eigenvalue weighted by molar-refractivity contribution is -0.113. The highest BCUT2D eigenvalue weighted by atomic mass is 32.2. The van der Waals surface area contributed by atoms with Crippen LogP contribution in [0.2, 0.25) is 0 Å². The van der Waals surface area contributed by atoms with Gasteiger partial charge in [-0.2, -0.15) is 5.10 Å². The first-order chi connectivity index (χ1) is 9.69. The second kappa shape index (κ2) is 7.00. The van der Waals surface area contributed by atoms with E-state index in [1.807, 2.05) is 38.1 Å². The number of aryl methyl sites for hydroxylation is 1. The number of aromatic amines is 1. The quantitative estimate of drug-likeness (QED) is 0.803. The fourth-order valence-electron chi connectivity index (χ4n) is 1.60. The van der Waals surface area contributed by atoms with E-state index in [0.717, 1.165) is 16.2 Å². The van der Waals surface area contributed by atoms with Crippen molar-refractivity contribution in [3.63, 3.8) is 0 Å². The minimum absolute atomic E-state index is 0.0590. The monoisotopic (exact) mass is 291 g/mol. The van der Waals surface area contributed by atoms with Crippen molar-refractivity contribution in [2.24, 2.45) is 0 Å². The fourth-order valence-corrected chi connectivity index (χ4v) is 2.29. The average molecular weight is 291 g/mol. The van der Waals surface area contributed by atoms with Crippen LogP contribution in [0.1, 0.15) is 12.5 Å². The molecule has 2 N–H and O–H groups in total. The Morgan fingerprint density at radius 2 is 2.15 bits per heavy atom. The van der Waals surface area contributed by atoms with Gasteiger partial charge in [0.05, 0.1) is 18.6 Å². The third-order valence-electron chi connectivity index (χ3n) is 2.60. The summed E-state index contributed by atoms with van der Waals surface area (Å²) in [5.41, 5.74) is 0.921. The van der Waals surface area contributed by atoms with Crippen LogP contribution in [0.25, 0.3) is 0 Å². The van der Waals surface area contributed by atoms with E-state index in [9.17, 15) is 4.79 Å². The number of H-pyrrole nitrogens is 1. The van der Waals surface area contributed by atoms with Gasteiger partial charge in [-0.25, -0.2) is 0 Å². The zero-order chi connectivity index (χ0) is 14.4. The minimum Gasteiger partial charge on any atom is -0.494 e. The number of hydrogen-bond donors (Lipinski definition) is 2. The average Bonchev–Trinajstić information content (AvgIpc) is 2.84. The Labute approximate surface area is 122 Å². The summed E-state index contributed by atoms with van der Waals surface area (Å²) in [6.45, 7) is 4.49. The molecule has 1 heterocycles. The van der Waals surface area contributed by atoms with Gasteiger partial charge in [0.15, 0.2) is 0 Å². The zero-order valence-electron chi connectivity index (χ0n) is 11.5. The van der Waals surface area contributed by atoms with Gasteiger partial charge < -0.3 is 10.1 Å². The van der Waals surface area contributed by atoms with Gasteiger partial charge >= 0.3 is 0 Å². The summed E-state index contributed by atoms with van der Waals surface area (Å²) >= 11 is 1.48. The zero-order valence-corrected chi connectivity index (χ0v) is 12.3. The van der Waals surface area contributed by atoms with Crippen molar-refractivity contribution in [1.29, 1.82) is 0 Å². The molecule has 0 aliphatic rings. The number of nitrogens with zero attached hydrogens (tertiary/aromatic N) is 1. The number of thioether (sulfide) groups is 1. The Bertz CT molecular complexity index is 566. The second-order valence-electron chi connectivity index (χ2n) is 4.17. The van der Waals surface area contributed by atoms with E-state index in [4.69, 9.17) is 4.74 Å². The molecule has 20 heavy (non-hydrogen) atoms. The van der Waals surface area contributed by atoms with Crippen LogP contribution in [0, 0.1) is 6.92 Å². The summed E-state index contributed by atoms with van der Waals surface area (Å²) in [6.07, 6.45) is 1.68. The molecule has 5 nitrogen and oxygen atoms in total. The maximum absolute atomic E-state index is 11.8. The summed E-state index contributed by atoms with van der Waals surface area (Å²) in [7, 11) is 0. The van der Waals surface area contributed by atoms with E-state index >= 15 is 0 Å². The molecule has 0 bridgehead atoms. The number of carbonyl (C=O) groups is 1. The van der Waals surface area contributed by atoms with Crippen LogP contribution < -0.4 is 10.1 Å². The molecule has 2 aromatic rings. The van der Waals surface area contributed by atoms with E-state index in [0.29, 0.717) is 18.2 Å². The van der Waals surface area contributed by atoms with Crippen molar-refractivity contribution in [2.45, 2.75) is 18.7 Å². The predicted octanol–water partition coefficient (Wildman–Crippen LogP) is 2.85. The molecular formula is C14H17N3O2S. The maximum Gasteiger partial charge on any atom is 0.235 e. The standard InChI is InChI=1S/C14H17N3O2S/c1-3-19-11-4-6-12(7-5-11)20-9-13(18)16-14-10(2)8-15-17-14/h4-8H,3,9H2,1-2H3,(H2,15,16,17,18). The predicted molar refractivity (Wildman–Crippen MR) is 80.3 cm³/mol. The molecule has 0 aliphatic heterocycles. The lowest BCUT2D eigenvalue weighted by Gasteiger charge is -2.05. The third-order valence-corrected chi connectivity index (χ3v) is 3.61. The third kappa shape index (κ3) is 4.03. The van der Waals surface area contributed by atoms with E-state index < -0.39 is 0 Å². The van der Waals surface area contributed by atoms with E-state index in [2.05, 4.69) is 15.5 Å². The normalized spacial score (nSPS) is 10.3. The second-order valence-corrected chi connectivity index (χ2v) is 5.22. The van der Waals surface area contributed by atoms with Gasteiger partial charge in [-0.1, -0.05) is 0 Å². The van der Waals surface area contributed by atoms with Crippen LogP contribution in [0.4, 0.5) is 5.82 Å². The molecule has 6 heteroatoms. The van der Waals surface area contributed by atoms with E-state index in [-0.39, 0.29) is 5.91 Å². The first kappa shape index (κ1) is 14.5. The first-order valence-corrected chi connectivity index (χ1v) is 7.33. The molecular weight excluding hydrogens is 274 g/mol. The SMILES string of the molecule is CCOc1ccc(SCC(=O)Nc2[nH]ncc2C)cc1. The lowest BCUT2D eigenvalue weighted by atomic mass is 10.3. The summed E-state index contributed by atoms with van der Waals surface area (Å²) in [4.78, 5) is 12.8. The topological polar surface area (TPSA) is 67.0 Å². The van der Waals surface area contributed by atoms with Crippen LogP contribution >= 0.6 is 11.8 Å². The van der Waals surface area contributed by atoms with Crippen LogP contribution in [0.3, 0.4) is 0 Å². The molecule has 0 saturated heterocycles. The Balaban J connectivity index is 1.82. The Kier molecular flexibility index (Phi) is 5.06. The van der Waals surface area contributed by atoms with Crippen molar-refractivity contribution in [2.75, 3.05) is 17.7 Å². The molecule has 0 aliphatic carbocycles. The Hall–Kier alpha value is -1.95. The van der Waals surface area contributed by atoms with Gasteiger partial charge in [0, 0.05) is 10.5 Å². The Morgan fingerprint density at radius 3 is 2.75 bits per heavy atom. The highest BCUT2D eigenvalue weighted by Crippen LogP contribution is 2.21. The fraction of sp³-hybridized carbons (Fsp3) is 0.286. The van der Waals surface area contributed by atoms with Crippen LogP contribution in [-0.2, 0) is 4.79 Å². The summed E-state index contributed by atoms with van der Waals surface area (Å²) < 4.78 is 5.37. The van der Waals surface area contributed by atoms with E-state index in [1.165, 1.54) is 11.8 Å². The number of anilines is 1. The number of rotatable bonds is 6. The Morgan fingerprint density at radius 1 is 1.40 bits per heavy atom. The summed E-state index contributed by atoms with van der Waals surface area (Å²) in [6, 6.07) is 7.71. The van der Waals surface area contributed by atoms with Gasteiger partial charge in [0.25, 0.3) is 0 Å². The van der Waals surface area contributed by atoms with Crippen molar-refractivity contribution >= 4 is 23.5 Å². The number of aromatic nitrogens is 2. The highest BCUT2D eigenvalue weighted by Gasteiger charge is 2.07. The number of benzene rings is 1. The van der Waals surface area contributed by atoms with Crippen molar-refractivity contribution in [1.82, 2.24) is 10.2 Å². The van der Waals surface area contributed by atoms with Gasteiger partial charge in [0.2, 0.25) is 5.91 Å². The molecule has 1 aromatic heterocycles. The smallest absolute Gasteiger partial charge is 0.235 e. The molecule has 0 fully saturated rings. The minimum atomic E-state index is -0.0590. The number of carbonyl (C=O) groups excluding carboxylic acids is 1. The van der Waals surface area contributed by atoms with Crippen LogP contribution in [-0.4, -0.2) is 28.5 Å². The van der Waals surface area contributed by atoms with Gasteiger partial charge in [-0.05, 0) is 38.1 Å². The molecule has 0 unspecified atom stereocenters. The van der Waals surface area contributed by atoms with Crippen molar-refractivity contribution in [3.05, 3.63) is 36.0 Å².